The van der Waals surface area contributed by atoms with Crippen LogP contribution >= 0.6 is 0 Å². The van der Waals surface area contributed by atoms with E-state index in [-0.39, 0.29) is 5.92 Å². The topological polar surface area (TPSA) is 57.2 Å². The largest absolute Gasteiger partial charge is 0.391 e. The maximum Gasteiger partial charge on any atom is 0.142 e. The van der Waals surface area contributed by atoms with Gasteiger partial charge in [-0.05, 0) is 43.5 Å². The number of hydrogen-bond donors (Lipinski definition) is 0. The molecule has 5 rings (SSSR count). The normalized spacial score (nSPS) is 17.4. The number of fused-ring (bicyclic) bond motifs is 3. The van der Waals surface area contributed by atoms with Gasteiger partial charge in [-0.3, -0.25) is 4.98 Å². The predicted octanol–water partition coefficient (Wildman–Crippen LogP) is 4.26. The van der Waals surface area contributed by atoms with Gasteiger partial charge >= 0.3 is 0 Å². The van der Waals surface area contributed by atoms with Gasteiger partial charge in [-0.15, -0.1) is 0 Å². The Morgan fingerprint density at radius 3 is 2.77 bits per heavy atom. The molecule has 1 aliphatic rings. The first-order chi connectivity index (χ1) is 14.7. The Morgan fingerprint density at radius 1 is 1.13 bits per heavy atom. The third kappa shape index (κ3) is 3.28. The molecule has 30 heavy (non-hydrogen) atoms. The van der Waals surface area contributed by atoms with Crippen molar-refractivity contribution < 1.29 is 4.84 Å². The SMILES string of the molecule is Cc1nccn1CC1CCc2c(c3ccccc3n2C)/C1=N/OCc1ccncc1. The summed E-state index contributed by atoms with van der Waals surface area (Å²) in [6.07, 6.45) is 9.52. The molecule has 1 aromatic carbocycles. The Labute approximate surface area is 175 Å². The van der Waals surface area contributed by atoms with E-state index in [0.29, 0.717) is 6.61 Å². The number of imidazole rings is 1. The Balaban J connectivity index is 1.55. The summed E-state index contributed by atoms with van der Waals surface area (Å²) in [6.45, 7) is 3.33. The highest BCUT2D eigenvalue weighted by Crippen LogP contribution is 2.35. The van der Waals surface area contributed by atoms with E-state index in [1.807, 2.05) is 31.5 Å². The van der Waals surface area contributed by atoms with Crippen molar-refractivity contribution in [2.45, 2.75) is 32.9 Å². The summed E-state index contributed by atoms with van der Waals surface area (Å²) in [7, 11) is 2.15. The zero-order chi connectivity index (χ0) is 20.5. The van der Waals surface area contributed by atoms with Crippen LogP contribution in [0.25, 0.3) is 10.9 Å². The molecule has 1 atom stereocenters. The Morgan fingerprint density at radius 2 is 1.97 bits per heavy atom. The highest BCUT2D eigenvalue weighted by Gasteiger charge is 2.31. The quantitative estimate of drug-likeness (QED) is 0.471. The Hall–Kier alpha value is -3.41. The van der Waals surface area contributed by atoms with Crippen LogP contribution in [0.1, 0.15) is 29.1 Å². The molecule has 0 aliphatic heterocycles. The van der Waals surface area contributed by atoms with Crippen LogP contribution < -0.4 is 0 Å². The van der Waals surface area contributed by atoms with Gasteiger partial charge in [0, 0.05) is 66.5 Å². The standard InChI is InChI=1S/C24H25N5O/c1-17-26-13-14-29(17)15-19-7-8-22-23(20-5-3-4-6-21(20)28(22)2)24(19)27-30-16-18-9-11-25-12-10-18/h3-6,9-14,19H,7-8,15-16H2,1-2H3/b27-24+. The predicted molar refractivity (Wildman–Crippen MR) is 117 cm³/mol. The number of aromatic nitrogens is 4. The van der Waals surface area contributed by atoms with Crippen molar-refractivity contribution in [1.82, 2.24) is 19.1 Å². The second-order valence-corrected chi connectivity index (χ2v) is 7.87. The molecule has 6 nitrogen and oxygen atoms in total. The molecule has 4 aromatic rings. The number of benzene rings is 1. The van der Waals surface area contributed by atoms with Gasteiger partial charge in [0.1, 0.15) is 12.4 Å². The Kier molecular flexibility index (Phi) is 4.83. The van der Waals surface area contributed by atoms with E-state index >= 15 is 0 Å². The molecular weight excluding hydrogens is 374 g/mol. The van der Waals surface area contributed by atoms with E-state index in [9.17, 15) is 0 Å². The summed E-state index contributed by atoms with van der Waals surface area (Å²) >= 11 is 0. The number of nitrogens with zero attached hydrogens (tertiary/aromatic N) is 5. The number of rotatable bonds is 5. The van der Waals surface area contributed by atoms with Crippen molar-refractivity contribution in [2.75, 3.05) is 0 Å². The average Bonchev–Trinajstić information content (AvgIpc) is 3.31. The van der Waals surface area contributed by atoms with E-state index in [0.717, 1.165) is 36.5 Å². The van der Waals surface area contributed by atoms with Crippen LogP contribution in [0.2, 0.25) is 0 Å². The van der Waals surface area contributed by atoms with Crippen LogP contribution in [-0.4, -0.2) is 24.8 Å². The van der Waals surface area contributed by atoms with Crippen LogP contribution in [0.3, 0.4) is 0 Å². The fraction of sp³-hybridized carbons (Fsp3) is 0.292. The van der Waals surface area contributed by atoms with Crippen LogP contribution in [0.4, 0.5) is 0 Å². The molecule has 0 spiro atoms. The van der Waals surface area contributed by atoms with Crippen LogP contribution in [0.15, 0.2) is 66.3 Å². The van der Waals surface area contributed by atoms with Gasteiger partial charge < -0.3 is 14.0 Å². The number of aryl methyl sites for hydroxylation is 2. The van der Waals surface area contributed by atoms with E-state index in [1.54, 1.807) is 12.4 Å². The molecule has 1 aliphatic carbocycles. The summed E-state index contributed by atoms with van der Waals surface area (Å²) in [5, 5.41) is 5.97. The van der Waals surface area contributed by atoms with Gasteiger partial charge in [0.25, 0.3) is 0 Å². The van der Waals surface area contributed by atoms with Crippen LogP contribution in [0.5, 0.6) is 0 Å². The highest BCUT2D eigenvalue weighted by atomic mass is 16.6. The van der Waals surface area contributed by atoms with Crippen LogP contribution in [-0.2, 0) is 31.5 Å². The van der Waals surface area contributed by atoms with Gasteiger partial charge in [0.15, 0.2) is 0 Å². The Bertz CT molecular complexity index is 1210. The zero-order valence-corrected chi connectivity index (χ0v) is 17.3. The molecule has 0 amide bonds. The molecule has 6 heteroatoms. The summed E-state index contributed by atoms with van der Waals surface area (Å²) < 4.78 is 4.51. The van der Waals surface area contributed by atoms with Gasteiger partial charge in [-0.25, -0.2) is 4.98 Å². The average molecular weight is 399 g/mol. The molecule has 0 saturated heterocycles. The van der Waals surface area contributed by atoms with Crippen molar-refractivity contribution in [3.8, 4) is 0 Å². The molecule has 152 valence electrons. The molecular formula is C24H25N5O. The fourth-order valence-corrected chi connectivity index (χ4v) is 4.46. The van der Waals surface area contributed by atoms with E-state index in [2.05, 4.69) is 50.4 Å². The first kappa shape index (κ1) is 18.6. The first-order valence-corrected chi connectivity index (χ1v) is 10.4. The van der Waals surface area contributed by atoms with Crippen molar-refractivity contribution >= 4 is 16.6 Å². The molecule has 0 N–H and O–H groups in total. The maximum absolute atomic E-state index is 5.88. The van der Waals surface area contributed by atoms with Gasteiger partial charge in [0.2, 0.25) is 0 Å². The summed E-state index contributed by atoms with van der Waals surface area (Å²) in [6, 6.07) is 12.5. The summed E-state index contributed by atoms with van der Waals surface area (Å²) in [4.78, 5) is 14.3. The fourth-order valence-electron chi connectivity index (χ4n) is 4.46. The van der Waals surface area contributed by atoms with E-state index in [4.69, 9.17) is 9.99 Å². The summed E-state index contributed by atoms with van der Waals surface area (Å²) in [5.41, 5.74) is 5.90. The van der Waals surface area contributed by atoms with Gasteiger partial charge in [0.05, 0.1) is 5.71 Å². The van der Waals surface area contributed by atoms with E-state index < -0.39 is 0 Å². The number of pyridine rings is 1. The lowest BCUT2D eigenvalue weighted by atomic mass is 9.84. The lowest BCUT2D eigenvalue weighted by molar-refractivity contribution is 0.128. The minimum absolute atomic E-state index is 0.272. The third-order valence-corrected chi connectivity index (χ3v) is 6.08. The van der Waals surface area contributed by atoms with Gasteiger partial charge in [-0.1, -0.05) is 23.4 Å². The lowest BCUT2D eigenvalue weighted by Gasteiger charge is -2.26. The van der Waals surface area contributed by atoms with Crippen molar-refractivity contribution in [3.05, 3.63) is 83.8 Å². The molecule has 3 heterocycles. The zero-order valence-electron chi connectivity index (χ0n) is 17.3. The van der Waals surface area contributed by atoms with Crippen molar-refractivity contribution in [2.24, 2.45) is 18.1 Å². The minimum Gasteiger partial charge on any atom is -0.391 e. The lowest BCUT2D eigenvalue weighted by Crippen LogP contribution is -2.28. The van der Waals surface area contributed by atoms with Gasteiger partial charge in [-0.2, -0.15) is 0 Å². The molecule has 1 unspecified atom stereocenters. The highest BCUT2D eigenvalue weighted by molar-refractivity contribution is 6.13. The number of para-hydroxylation sites is 1. The minimum atomic E-state index is 0.272. The van der Waals surface area contributed by atoms with E-state index in [1.165, 1.54) is 22.2 Å². The molecule has 0 radical (unpaired) electrons. The molecule has 0 bridgehead atoms. The molecule has 0 fully saturated rings. The molecule has 0 saturated carbocycles. The smallest absolute Gasteiger partial charge is 0.142 e. The first-order valence-electron chi connectivity index (χ1n) is 10.4. The number of hydrogen-bond acceptors (Lipinski definition) is 4. The third-order valence-electron chi connectivity index (χ3n) is 6.08. The molecule has 3 aromatic heterocycles. The van der Waals surface area contributed by atoms with Crippen molar-refractivity contribution in [3.63, 3.8) is 0 Å². The van der Waals surface area contributed by atoms with Crippen LogP contribution in [0, 0.1) is 12.8 Å². The van der Waals surface area contributed by atoms with Crippen molar-refractivity contribution in [1.29, 1.82) is 0 Å². The monoisotopic (exact) mass is 399 g/mol. The maximum atomic E-state index is 5.88. The summed E-state index contributed by atoms with van der Waals surface area (Å²) in [5.74, 6) is 1.30. The second-order valence-electron chi connectivity index (χ2n) is 7.87. The number of oxime groups is 1. The second kappa shape index (κ2) is 7.78.